The van der Waals surface area contributed by atoms with Crippen molar-refractivity contribution >= 4 is 5.96 Å². The van der Waals surface area contributed by atoms with Crippen LogP contribution in [-0.4, -0.2) is 57.1 Å². The minimum absolute atomic E-state index is 0.595. The number of nitrogens with one attached hydrogen (secondary N) is 2. The molecule has 1 aliphatic carbocycles. The first-order chi connectivity index (χ1) is 14.3. The molecule has 0 radical (unpaired) electrons. The highest BCUT2D eigenvalue weighted by molar-refractivity contribution is 5.79. The van der Waals surface area contributed by atoms with Gasteiger partial charge in [0.25, 0.3) is 0 Å². The Labute approximate surface area is 174 Å². The molecule has 0 spiro atoms. The lowest BCUT2D eigenvalue weighted by atomic mass is 10.0. The van der Waals surface area contributed by atoms with E-state index in [1.807, 2.05) is 12.1 Å². The van der Waals surface area contributed by atoms with E-state index in [0.717, 1.165) is 82.8 Å². The molecule has 7 heteroatoms. The fourth-order valence-corrected chi connectivity index (χ4v) is 3.17. The largest absolute Gasteiger partial charge is 0.477 e. The second kappa shape index (κ2) is 12.6. The van der Waals surface area contributed by atoms with Crippen LogP contribution < -0.4 is 15.4 Å². The molecule has 7 nitrogen and oxygen atoms in total. The molecule has 0 atom stereocenters. The monoisotopic (exact) mass is 404 g/mol. The van der Waals surface area contributed by atoms with E-state index in [2.05, 4.69) is 27.5 Å². The molecule has 2 aliphatic rings. The van der Waals surface area contributed by atoms with E-state index in [1.165, 1.54) is 12.8 Å². The third-order valence-electron chi connectivity index (χ3n) is 5.18. The van der Waals surface area contributed by atoms with Crippen LogP contribution in [0.1, 0.15) is 44.6 Å². The summed E-state index contributed by atoms with van der Waals surface area (Å²) in [5, 5.41) is 6.68. The van der Waals surface area contributed by atoms with Crippen LogP contribution in [0.15, 0.2) is 23.3 Å². The van der Waals surface area contributed by atoms with Gasteiger partial charge in [-0.25, -0.2) is 9.98 Å². The average molecular weight is 405 g/mol. The lowest BCUT2D eigenvalue weighted by Gasteiger charge is -2.21. The molecule has 1 aliphatic heterocycles. The Hall–Kier alpha value is -1.86. The molecular weight excluding hydrogens is 368 g/mol. The molecule has 3 rings (SSSR count). The Morgan fingerprint density at radius 1 is 1.17 bits per heavy atom. The van der Waals surface area contributed by atoms with Crippen molar-refractivity contribution in [3.05, 3.63) is 23.9 Å². The van der Waals surface area contributed by atoms with Crippen LogP contribution in [0.3, 0.4) is 0 Å². The zero-order valence-corrected chi connectivity index (χ0v) is 17.7. The molecule has 0 aromatic carbocycles. The average Bonchev–Trinajstić information content (AvgIpc) is 3.58. The number of pyridine rings is 1. The molecular formula is C22H36N4O3. The van der Waals surface area contributed by atoms with Gasteiger partial charge in [0, 0.05) is 51.8 Å². The summed E-state index contributed by atoms with van der Waals surface area (Å²) in [4.78, 5) is 8.97. The van der Waals surface area contributed by atoms with Gasteiger partial charge in [-0.3, -0.25) is 0 Å². The van der Waals surface area contributed by atoms with Gasteiger partial charge in [-0.15, -0.1) is 0 Å². The Bertz CT molecular complexity index is 616. The van der Waals surface area contributed by atoms with E-state index in [4.69, 9.17) is 14.2 Å². The predicted molar refractivity (Wildman–Crippen MR) is 114 cm³/mol. The molecule has 0 unspecified atom stereocenters. The summed E-state index contributed by atoms with van der Waals surface area (Å²) >= 11 is 0. The number of nitrogens with zero attached hydrogens (tertiary/aromatic N) is 2. The van der Waals surface area contributed by atoms with Crippen molar-refractivity contribution in [3.63, 3.8) is 0 Å². The number of ether oxygens (including phenoxy) is 3. The van der Waals surface area contributed by atoms with E-state index in [9.17, 15) is 0 Å². The third-order valence-corrected chi connectivity index (χ3v) is 5.18. The second-order valence-corrected chi connectivity index (χ2v) is 7.86. The number of hydrogen-bond donors (Lipinski definition) is 2. The van der Waals surface area contributed by atoms with E-state index in [-0.39, 0.29) is 0 Å². The summed E-state index contributed by atoms with van der Waals surface area (Å²) < 4.78 is 17.0. The van der Waals surface area contributed by atoms with Gasteiger partial charge in [0.2, 0.25) is 5.88 Å². The zero-order chi connectivity index (χ0) is 20.2. The Kier molecular flexibility index (Phi) is 9.53. The van der Waals surface area contributed by atoms with Crippen LogP contribution in [0.25, 0.3) is 0 Å². The molecule has 1 aromatic rings. The van der Waals surface area contributed by atoms with Crippen LogP contribution in [-0.2, 0) is 16.0 Å². The normalized spacial score (nSPS) is 17.9. The number of aromatic nitrogens is 1. The minimum Gasteiger partial charge on any atom is -0.477 e. The van der Waals surface area contributed by atoms with Gasteiger partial charge in [-0.05, 0) is 62.5 Å². The Morgan fingerprint density at radius 2 is 2.00 bits per heavy atom. The summed E-state index contributed by atoms with van der Waals surface area (Å²) in [6, 6.07) is 3.97. The maximum absolute atomic E-state index is 5.82. The van der Waals surface area contributed by atoms with Crippen molar-refractivity contribution in [3.8, 4) is 5.88 Å². The molecule has 1 saturated heterocycles. The summed E-state index contributed by atoms with van der Waals surface area (Å²) in [5.41, 5.74) is 1.10. The van der Waals surface area contributed by atoms with Gasteiger partial charge in [-0.2, -0.15) is 0 Å². The third kappa shape index (κ3) is 9.00. The number of guanidine groups is 1. The molecule has 2 heterocycles. The minimum atomic E-state index is 0.595. The van der Waals surface area contributed by atoms with Gasteiger partial charge in [-0.1, -0.05) is 0 Å². The van der Waals surface area contributed by atoms with Crippen molar-refractivity contribution in [2.45, 2.75) is 45.6 Å². The number of aliphatic imine (C=N–C) groups is 1. The van der Waals surface area contributed by atoms with Crippen molar-refractivity contribution in [2.75, 3.05) is 46.1 Å². The van der Waals surface area contributed by atoms with Crippen LogP contribution in [0.2, 0.25) is 0 Å². The summed E-state index contributed by atoms with van der Waals surface area (Å²) in [6.07, 6.45) is 7.56. The fraction of sp³-hybridized carbons (Fsp3) is 0.727. The first kappa shape index (κ1) is 21.8. The van der Waals surface area contributed by atoms with Gasteiger partial charge in [0.05, 0.1) is 13.2 Å². The van der Waals surface area contributed by atoms with Crippen LogP contribution in [0.5, 0.6) is 5.88 Å². The highest BCUT2D eigenvalue weighted by Crippen LogP contribution is 2.29. The lowest BCUT2D eigenvalue weighted by Crippen LogP contribution is -2.38. The quantitative estimate of drug-likeness (QED) is 0.317. The summed E-state index contributed by atoms with van der Waals surface area (Å²) in [5.74, 6) is 2.91. The zero-order valence-electron chi connectivity index (χ0n) is 17.7. The molecule has 0 bridgehead atoms. The first-order valence-electron chi connectivity index (χ1n) is 11.1. The van der Waals surface area contributed by atoms with E-state index in [1.54, 1.807) is 6.20 Å². The number of rotatable bonds is 12. The van der Waals surface area contributed by atoms with Gasteiger partial charge >= 0.3 is 0 Å². The van der Waals surface area contributed by atoms with Gasteiger partial charge in [0.15, 0.2) is 5.96 Å². The predicted octanol–water partition coefficient (Wildman–Crippen LogP) is 2.76. The second-order valence-electron chi connectivity index (χ2n) is 7.86. The van der Waals surface area contributed by atoms with Gasteiger partial charge in [0.1, 0.15) is 0 Å². The molecule has 1 aromatic heterocycles. The number of hydrogen-bond acceptors (Lipinski definition) is 5. The molecule has 29 heavy (non-hydrogen) atoms. The van der Waals surface area contributed by atoms with Crippen LogP contribution in [0.4, 0.5) is 0 Å². The Morgan fingerprint density at radius 3 is 2.79 bits per heavy atom. The molecule has 2 fully saturated rings. The smallest absolute Gasteiger partial charge is 0.213 e. The first-order valence-corrected chi connectivity index (χ1v) is 11.1. The van der Waals surface area contributed by atoms with Crippen LogP contribution in [0, 0.1) is 11.8 Å². The van der Waals surface area contributed by atoms with E-state index >= 15 is 0 Å². The van der Waals surface area contributed by atoms with Gasteiger partial charge < -0.3 is 24.8 Å². The SMILES string of the molecule is CCNC(=NCc1ccnc(OCC2CC2)c1)NCCCOCC1CCOCC1. The van der Waals surface area contributed by atoms with Crippen molar-refractivity contribution in [1.29, 1.82) is 0 Å². The van der Waals surface area contributed by atoms with Crippen LogP contribution >= 0.6 is 0 Å². The van der Waals surface area contributed by atoms with Crippen molar-refractivity contribution in [2.24, 2.45) is 16.8 Å². The topological polar surface area (TPSA) is 77.0 Å². The molecule has 162 valence electrons. The summed E-state index contributed by atoms with van der Waals surface area (Å²) in [7, 11) is 0. The molecule has 2 N–H and O–H groups in total. The summed E-state index contributed by atoms with van der Waals surface area (Å²) in [6.45, 7) is 8.50. The van der Waals surface area contributed by atoms with Crippen molar-refractivity contribution < 1.29 is 14.2 Å². The highest BCUT2D eigenvalue weighted by atomic mass is 16.5. The molecule has 1 saturated carbocycles. The maximum Gasteiger partial charge on any atom is 0.213 e. The van der Waals surface area contributed by atoms with Crippen molar-refractivity contribution in [1.82, 2.24) is 15.6 Å². The maximum atomic E-state index is 5.82. The molecule has 0 amide bonds. The highest BCUT2D eigenvalue weighted by Gasteiger charge is 2.22. The van der Waals surface area contributed by atoms with E-state index < -0.39 is 0 Å². The lowest BCUT2D eigenvalue weighted by molar-refractivity contribution is 0.0203. The standard InChI is InChI=1S/C22H36N4O3/c1-2-23-22(25-9-3-11-28-16-19-7-12-27-13-8-19)26-15-20-6-10-24-21(14-20)29-17-18-4-5-18/h6,10,14,18-19H,2-5,7-9,11-13,15-17H2,1H3,(H2,23,25,26). The van der Waals surface area contributed by atoms with E-state index in [0.29, 0.717) is 18.3 Å². The Balaban J connectivity index is 1.33. The fourth-order valence-electron chi connectivity index (χ4n) is 3.17.